The van der Waals surface area contributed by atoms with Crippen LogP contribution in [0.3, 0.4) is 0 Å². The number of aliphatic carboxylic acids is 1. The molecule has 1 N–H and O–H groups in total. The molecular weight excluding hydrogens is 420 g/mol. The zero-order valence-corrected chi connectivity index (χ0v) is 18.4. The monoisotopic (exact) mass is 442 g/mol. The van der Waals surface area contributed by atoms with E-state index in [1.54, 1.807) is 18.3 Å². The highest BCUT2D eigenvalue weighted by Gasteiger charge is 2.46. The lowest BCUT2D eigenvalue weighted by Gasteiger charge is -2.44. The number of carboxylic acid groups (broad SMARTS) is 1. The van der Waals surface area contributed by atoms with Crippen LogP contribution < -0.4 is 9.64 Å². The normalized spacial score (nSPS) is 14.6. The van der Waals surface area contributed by atoms with Gasteiger partial charge in [-0.15, -0.1) is 0 Å². The van der Waals surface area contributed by atoms with Crippen molar-refractivity contribution in [1.82, 2.24) is 4.98 Å². The Labute approximate surface area is 190 Å². The molecule has 6 heteroatoms. The molecule has 32 heavy (non-hydrogen) atoms. The maximum atomic E-state index is 11.5. The summed E-state index contributed by atoms with van der Waals surface area (Å²) < 4.78 is 5.92. The van der Waals surface area contributed by atoms with Gasteiger partial charge in [0.2, 0.25) is 0 Å². The van der Waals surface area contributed by atoms with E-state index in [-0.39, 0.29) is 0 Å². The molecule has 1 aliphatic heterocycles. The van der Waals surface area contributed by atoms with Crippen molar-refractivity contribution < 1.29 is 14.6 Å². The maximum absolute atomic E-state index is 11.5. The third-order valence-electron chi connectivity index (χ3n) is 5.63. The van der Waals surface area contributed by atoms with E-state index >= 15 is 0 Å². The smallest absolute Gasteiger partial charge is 0.312 e. The van der Waals surface area contributed by atoms with Gasteiger partial charge in [0.25, 0.3) is 0 Å². The Morgan fingerprint density at radius 1 is 0.906 bits per heavy atom. The molecule has 0 saturated carbocycles. The second-order valence-corrected chi connectivity index (χ2v) is 9.18. The Bertz CT molecular complexity index is 1230. The van der Waals surface area contributed by atoms with E-state index in [9.17, 15) is 9.90 Å². The second-order valence-electron chi connectivity index (χ2n) is 8.20. The van der Waals surface area contributed by atoms with Crippen molar-refractivity contribution in [2.75, 3.05) is 18.0 Å². The first-order chi connectivity index (χ1) is 15.5. The molecule has 5 nitrogen and oxygen atoms in total. The Hall–Kier alpha value is -3.64. The summed E-state index contributed by atoms with van der Waals surface area (Å²) >= 11 is 1.60. The highest BCUT2D eigenvalue weighted by atomic mass is 32.1. The number of carbonyl (C=O) groups is 1. The SMILES string of the molecule is CC1(C(=O)O)CN(c2nc(-c3ccc(Oc4ccccc4)cc3)c(-c3ccccc3)s2)C1. The van der Waals surface area contributed by atoms with Gasteiger partial charge in [-0.2, -0.15) is 0 Å². The average molecular weight is 443 g/mol. The third-order valence-corrected chi connectivity index (χ3v) is 6.79. The fraction of sp³-hybridized carbons (Fsp3) is 0.154. The Morgan fingerprint density at radius 3 is 2.12 bits per heavy atom. The van der Waals surface area contributed by atoms with E-state index in [1.807, 2.05) is 77.7 Å². The molecule has 1 saturated heterocycles. The molecule has 0 amide bonds. The summed E-state index contributed by atoms with van der Waals surface area (Å²) in [5, 5.41) is 10.3. The summed E-state index contributed by atoms with van der Waals surface area (Å²) in [4.78, 5) is 19.5. The Morgan fingerprint density at radius 2 is 1.50 bits per heavy atom. The zero-order valence-electron chi connectivity index (χ0n) is 17.6. The molecule has 3 aromatic carbocycles. The van der Waals surface area contributed by atoms with Gasteiger partial charge in [0.15, 0.2) is 5.13 Å². The summed E-state index contributed by atoms with van der Waals surface area (Å²) in [6.07, 6.45) is 0. The van der Waals surface area contributed by atoms with Crippen molar-refractivity contribution in [2.24, 2.45) is 5.41 Å². The minimum atomic E-state index is -0.761. The van der Waals surface area contributed by atoms with Crippen LogP contribution in [0.5, 0.6) is 11.5 Å². The van der Waals surface area contributed by atoms with Crippen LogP contribution in [0, 0.1) is 5.41 Å². The summed E-state index contributed by atoms with van der Waals surface area (Å²) in [7, 11) is 0. The predicted molar refractivity (Wildman–Crippen MR) is 127 cm³/mol. The number of rotatable bonds is 6. The molecule has 0 unspecified atom stereocenters. The molecular formula is C26H22N2O3S. The van der Waals surface area contributed by atoms with Gasteiger partial charge >= 0.3 is 5.97 Å². The van der Waals surface area contributed by atoms with Crippen LogP contribution in [0.1, 0.15) is 6.92 Å². The fourth-order valence-electron chi connectivity index (χ4n) is 3.80. The zero-order chi connectivity index (χ0) is 22.1. The summed E-state index contributed by atoms with van der Waals surface area (Å²) in [6, 6.07) is 27.8. The Kier molecular flexibility index (Phi) is 5.15. The van der Waals surface area contributed by atoms with E-state index in [0.29, 0.717) is 13.1 Å². The standard InChI is InChI=1S/C26H22N2O3S/c1-26(24(29)30)16-28(17-26)25-27-22(23(32-25)19-8-4-2-5-9-19)18-12-14-21(15-13-18)31-20-10-6-3-7-11-20/h2-15H,16-17H2,1H3,(H,29,30). The number of nitrogens with zero attached hydrogens (tertiary/aromatic N) is 2. The molecule has 0 radical (unpaired) electrons. The molecule has 1 aromatic heterocycles. The van der Waals surface area contributed by atoms with Gasteiger partial charge in [-0.05, 0) is 48.9 Å². The number of anilines is 1. The van der Waals surface area contributed by atoms with Crippen molar-refractivity contribution in [3.8, 4) is 33.2 Å². The van der Waals surface area contributed by atoms with Gasteiger partial charge in [0.05, 0.1) is 16.0 Å². The van der Waals surface area contributed by atoms with Crippen LogP contribution in [0.15, 0.2) is 84.9 Å². The molecule has 5 rings (SSSR count). The molecule has 0 atom stereocenters. The van der Waals surface area contributed by atoms with Crippen molar-refractivity contribution in [3.05, 3.63) is 84.9 Å². The molecule has 160 valence electrons. The average Bonchev–Trinajstić information content (AvgIpc) is 3.23. The first kappa shape index (κ1) is 20.3. The lowest BCUT2D eigenvalue weighted by atomic mass is 9.82. The minimum absolute atomic E-state index is 0.466. The molecule has 0 spiro atoms. The van der Waals surface area contributed by atoms with Gasteiger partial charge < -0.3 is 14.7 Å². The van der Waals surface area contributed by atoms with Gasteiger partial charge in [-0.3, -0.25) is 4.79 Å². The Balaban J connectivity index is 1.46. The number of aromatic nitrogens is 1. The molecule has 1 fully saturated rings. The van der Waals surface area contributed by atoms with Crippen molar-refractivity contribution in [3.63, 3.8) is 0 Å². The maximum Gasteiger partial charge on any atom is 0.312 e. The minimum Gasteiger partial charge on any atom is -0.481 e. The van der Waals surface area contributed by atoms with Crippen molar-refractivity contribution >= 4 is 22.4 Å². The number of hydrogen-bond acceptors (Lipinski definition) is 5. The molecule has 1 aliphatic rings. The summed E-state index contributed by atoms with van der Waals surface area (Å²) in [5.41, 5.74) is 2.27. The number of hydrogen-bond donors (Lipinski definition) is 1. The number of ether oxygens (including phenoxy) is 1. The van der Waals surface area contributed by atoms with E-state index in [0.717, 1.165) is 38.3 Å². The van der Waals surface area contributed by atoms with Gasteiger partial charge in [0.1, 0.15) is 11.5 Å². The van der Waals surface area contributed by atoms with E-state index in [1.165, 1.54) is 0 Å². The number of thiazole rings is 1. The summed E-state index contributed by atoms with van der Waals surface area (Å²) in [6.45, 7) is 2.71. The van der Waals surface area contributed by atoms with Gasteiger partial charge in [-0.1, -0.05) is 59.9 Å². The van der Waals surface area contributed by atoms with Crippen LogP contribution in [-0.4, -0.2) is 29.1 Å². The highest BCUT2D eigenvalue weighted by molar-refractivity contribution is 7.19. The first-order valence-electron chi connectivity index (χ1n) is 10.4. The van der Waals surface area contributed by atoms with Crippen LogP contribution in [0.2, 0.25) is 0 Å². The quantitative estimate of drug-likeness (QED) is 0.386. The predicted octanol–water partition coefficient (Wildman–Crippen LogP) is 6.18. The second kappa shape index (κ2) is 8.13. The molecule has 4 aromatic rings. The van der Waals surface area contributed by atoms with E-state index in [2.05, 4.69) is 12.1 Å². The van der Waals surface area contributed by atoms with Crippen LogP contribution in [-0.2, 0) is 4.79 Å². The van der Waals surface area contributed by atoms with Crippen LogP contribution in [0.25, 0.3) is 21.7 Å². The topological polar surface area (TPSA) is 62.7 Å². The molecule has 2 heterocycles. The van der Waals surface area contributed by atoms with Gasteiger partial charge in [0, 0.05) is 18.7 Å². The van der Waals surface area contributed by atoms with E-state index < -0.39 is 11.4 Å². The lowest BCUT2D eigenvalue weighted by molar-refractivity contribution is -0.149. The number of para-hydroxylation sites is 1. The molecule has 0 bridgehead atoms. The van der Waals surface area contributed by atoms with Gasteiger partial charge in [-0.25, -0.2) is 4.98 Å². The fourth-order valence-corrected chi connectivity index (χ4v) is 4.89. The lowest BCUT2D eigenvalue weighted by Crippen LogP contribution is -2.59. The largest absolute Gasteiger partial charge is 0.481 e. The van der Waals surface area contributed by atoms with Crippen LogP contribution in [0.4, 0.5) is 5.13 Å². The third kappa shape index (κ3) is 3.85. The number of benzene rings is 3. The molecule has 0 aliphatic carbocycles. The first-order valence-corrected chi connectivity index (χ1v) is 11.2. The number of carboxylic acids is 1. The van der Waals surface area contributed by atoms with Crippen molar-refractivity contribution in [2.45, 2.75) is 6.92 Å². The highest BCUT2D eigenvalue weighted by Crippen LogP contribution is 2.44. The summed E-state index contributed by atoms with van der Waals surface area (Å²) in [5.74, 6) is 0.792. The van der Waals surface area contributed by atoms with Crippen molar-refractivity contribution in [1.29, 1.82) is 0 Å². The van der Waals surface area contributed by atoms with Crippen LogP contribution >= 0.6 is 11.3 Å². The van der Waals surface area contributed by atoms with E-state index in [4.69, 9.17) is 9.72 Å².